The van der Waals surface area contributed by atoms with Gasteiger partial charge in [0.1, 0.15) is 6.04 Å². The largest absolute Gasteiger partial charge is 0.490 e. The van der Waals surface area contributed by atoms with Crippen molar-refractivity contribution in [3.05, 3.63) is 94.1 Å². The molecule has 16 heteroatoms. The number of halogens is 6. The van der Waals surface area contributed by atoms with Crippen molar-refractivity contribution in [3.63, 3.8) is 0 Å². The molecule has 6 N–H and O–H groups in total. The molecule has 0 radical (unpaired) electrons. The number of benzene rings is 3. The third-order valence-corrected chi connectivity index (χ3v) is 6.27. The molecule has 0 saturated heterocycles. The Morgan fingerprint density at radius 2 is 1.59 bits per heavy atom. The van der Waals surface area contributed by atoms with Crippen LogP contribution in [0.3, 0.4) is 0 Å². The van der Waals surface area contributed by atoms with Gasteiger partial charge >= 0.3 is 24.1 Å². The van der Waals surface area contributed by atoms with E-state index in [2.05, 4.69) is 20.9 Å². The van der Waals surface area contributed by atoms with Crippen molar-refractivity contribution in [2.75, 3.05) is 10.6 Å². The van der Waals surface area contributed by atoms with Crippen LogP contribution < -0.4 is 16.0 Å². The van der Waals surface area contributed by atoms with E-state index in [1.165, 1.54) is 0 Å². The number of carbonyl (C=O) groups is 4. The molecule has 0 spiro atoms. The average Bonchev–Trinajstić information content (AvgIpc) is 3.34. The Hall–Kier alpha value is -5.18. The van der Waals surface area contributed by atoms with E-state index in [0.29, 0.717) is 28.9 Å². The lowest BCUT2D eigenvalue weighted by molar-refractivity contribution is -0.192. The number of amides is 3. The van der Waals surface area contributed by atoms with E-state index in [4.69, 9.17) is 21.5 Å². The number of hydrogen-bond donors (Lipinski definition) is 6. The number of rotatable bonds is 7. The number of aliphatic carboxylic acids is 2. The number of aryl methyl sites for hydroxylation is 1. The predicted molar refractivity (Wildman–Crippen MR) is 150 cm³/mol. The molecule has 1 atom stereocenters. The highest BCUT2D eigenvalue weighted by atomic mass is 35.5. The van der Waals surface area contributed by atoms with Crippen molar-refractivity contribution >= 4 is 57.8 Å². The number of carbonyl (C=O) groups excluding carboxylic acids is 2. The average molecular weight is 641 g/mol. The fraction of sp³-hybridized carbons (Fsp3) is 0.143. The number of alkyl halides is 3. The summed E-state index contributed by atoms with van der Waals surface area (Å²) in [5.74, 6) is -7.76. The third kappa shape index (κ3) is 8.44. The Morgan fingerprint density at radius 3 is 2.20 bits per heavy atom. The number of fused-ring (bicyclic) bond motifs is 1. The van der Waals surface area contributed by atoms with Crippen LogP contribution in [0.25, 0.3) is 10.9 Å². The first-order valence-corrected chi connectivity index (χ1v) is 12.7. The molecule has 44 heavy (non-hydrogen) atoms. The molecule has 1 aromatic heterocycles. The Bertz CT molecular complexity index is 1710. The van der Waals surface area contributed by atoms with Crippen LogP contribution in [0.2, 0.25) is 5.02 Å². The normalized spacial score (nSPS) is 11.6. The summed E-state index contributed by atoms with van der Waals surface area (Å²) in [6.07, 6.45) is -3.53. The molecule has 0 saturated carbocycles. The Morgan fingerprint density at radius 1 is 0.955 bits per heavy atom. The first kappa shape index (κ1) is 33.3. The Labute approximate surface area is 249 Å². The van der Waals surface area contributed by atoms with E-state index in [1.54, 1.807) is 43.5 Å². The van der Waals surface area contributed by atoms with Gasteiger partial charge in [0.15, 0.2) is 11.6 Å². The third-order valence-electron chi connectivity index (χ3n) is 5.96. The van der Waals surface area contributed by atoms with Gasteiger partial charge in [0.05, 0.1) is 22.0 Å². The van der Waals surface area contributed by atoms with Crippen LogP contribution in [0, 0.1) is 18.6 Å². The van der Waals surface area contributed by atoms with Crippen LogP contribution in [0.1, 0.15) is 21.5 Å². The SMILES string of the molecule is Cc1cccc(Cl)c1NC(=O)Nc1cc(F)c(F)cc1C(=O)N[C@@H](Cc1c[nH]c2ccccc12)C(=O)O.O=C(O)C(F)(F)F. The second kappa shape index (κ2) is 13.9. The van der Waals surface area contributed by atoms with E-state index in [1.807, 2.05) is 12.1 Å². The monoisotopic (exact) mass is 640 g/mol. The number of anilines is 2. The lowest BCUT2D eigenvalue weighted by Gasteiger charge is -2.17. The van der Waals surface area contributed by atoms with Crippen LogP contribution in [0.5, 0.6) is 0 Å². The maximum Gasteiger partial charge on any atom is 0.490 e. The number of para-hydroxylation sites is 2. The van der Waals surface area contributed by atoms with E-state index < -0.39 is 53.3 Å². The number of carboxylic acids is 2. The summed E-state index contributed by atoms with van der Waals surface area (Å²) in [5, 5.41) is 25.0. The molecule has 1 heterocycles. The summed E-state index contributed by atoms with van der Waals surface area (Å²) >= 11 is 6.11. The summed E-state index contributed by atoms with van der Waals surface area (Å²) in [6.45, 7) is 1.71. The van der Waals surface area contributed by atoms with Crippen molar-refractivity contribution in [2.45, 2.75) is 25.6 Å². The topological polar surface area (TPSA) is 161 Å². The number of aromatic amines is 1. The maximum atomic E-state index is 14.1. The van der Waals surface area contributed by atoms with Crippen molar-refractivity contribution in [3.8, 4) is 0 Å². The van der Waals surface area contributed by atoms with E-state index in [0.717, 1.165) is 10.9 Å². The molecule has 0 unspecified atom stereocenters. The minimum atomic E-state index is -5.08. The summed E-state index contributed by atoms with van der Waals surface area (Å²) in [4.78, 5) is 49.5. The molecular formula is C28H22ClF5N4O6. The lowest BCUT2D eigenvalue weighted by atomic mass is 10.0. The number of carboxylic acid groups (broad SMARTS) is 2. The van der Waals surface area contributed by atoms with Gasteiger partial charge in [0, 0.05) is 29.6 Å². The summed E-state index contributed by atoms with van der Waals surface area (Å²) in [7, 11) is 0. The lowest BCUT2D eigenvalue weighted by Crippen LogP contribution is -2.42. The van der Waals surface area contributed by atoms with Crippen molar-refractivity contribution < 1.29 is 51.3 Å². The second-order valence-corrected chi connectivity index (χ2v) is 9.46. The number of hydrogen-bond acceptors (Lipinski definition) is 4. The van der Waals surface area contributed by atoms with Crippen LogP contribution in [-0.4, -0.2) is 51.3 Å². The van der Waals surface area contributed by atoms with Crippen molar-refractivity contribution in [1.29, 1.82) is 0 Å². The van der Waals surface area contributed by atoms with E-state index in [9.17, 15) is 41.4 Å². The smallest absolute Gasteiger partial charge is 0.480 e. The van der Waals surface area contributed by atoms with Gasteiger partial charge < -0.3 is 31.1 Å². The summed E-state index contributed by atoms with van der Waals surface area (Å²) in [6, 6.07) is 11.1. The highest BCUT2D eigenvalue weighted by molar-refractivity contribution is 6.34. The second-order valence-electron chi connectivity index (χ2n) is 9.05. The summed E-state index contributed by atoms with van der Waals surface area (Å²) in [5.41, 5.74) is 1.54. The van der Waals surface area contributed by atoms with Gasteiger partial charge in [-0.25, -0.2) is 23.2 Å². The van der Waals surface area contributed by atoms with Crippen molar-refractivity contribution in [1.82, 2.24) is 10.3 Å². The molecule has 232 valence electrons. The maximum absolute atomic E-state index is 14.1. The first-order chi connectivity index (χ1) is 20.6. The highest BCUT2D eigenvalue weighted by Gasteiger charge is 2.38. The molecule has 4 aromatic rings. The van der Waals surface area contributed by atoms with E-state index in [-0.39, 0.29) is 17.1 Å². The molecule has 0 fully saturated rings. The Kier molecular flexibility index (Phi) is 10.5. The number of urea groups is 1. The van der Waals surface area contributed by atoms with Gasteiger partial charge in [0.2, 0.25) is 0 Å². The molecule has 0 aliphatic rings. The molecule has 0 bridgehead atoms. The van der Waals surface area contributed by atoms with E-state index >= 15 is 0 Å². The van der Waals surface area contributed by atoms with Crippen molar-refractivity contribution in [2.24, 2.45) is 0 Å². The Balaban J connectivity index is 0.000000676. The number of H-pyrrole nitrogens is 1. The fourth-order valence-corrected chi connectivity index (χ4v) is 4.12. The predicted octanol–water partition coefficient (Wildman–Crippen LogP) is 6.11. The van der Waals surface area contributed by atoms with Gasteiger partial charge in [-0.05, 0) is 36.2 Å². The number of nitrogens with one attached hydrogen (secondary N) is 4. The quantitative estimate of drug-likeness (QED) is 0.134. The molecule has 3 aromatic carbocycles. The first-order valence-electron chi connectivity index (χ1n) is 12.3. The minimum absolute atomic E-state index is 0.0796. The van der Waals surface area contributed by atoms with Gasteiger partial charge in [-0.2, -0.15) is 13.2 Å². The van der Waals surface area contributed by atoms with Crippen LogP contribution in [-0.2, 0) is 16.0 Å². The minimum Gasteiger partial charge on any atom is -0.480 e. The summed E-state index contributed by atoms with van der Waals surface area (Å²) < 4.78 is 59.8. The van der Waals surface area contributed by atoms with Gasteiger partial charge in [-0.15, -0.1) is 0 Å². The standard InChI is InChI=1S/C26H21ClF2N4O4.C2HF3O2/c1-13-5-4-7-17(27)23(13)33-26(37)32-21-11-19(29)18(28)10-16(21)24(34)31-22(25(35)36)9-14-12-30-20-8-3-2-6-15(14)20;3-2(4,5)1(6)7/h2-8,10-12,22,30H,9H2,1H3,(H,31,34)(H,35,36)(H2,32,33,37);(H,6,7)/t22-;/m0./s1. The highest BCUT2D eigenvalue weighted by Crippen LogP contribution is 2.27. The van der Waals surface area contributed by atoms with Gasteiger partial charge in [0.25, 0.3) is 5.91 Å². The molecule has 10 nitrogen and oxygen atoms in total. The molecule has 0 aliphatic carbocycles. The zero-order chi connectivity index (χ0) is 32.8. The fourth-order valence-electron chi connectivity index (χ4n) is 3.85. The van der Waals surface area contributed by atoms with Crippen LogP contribution in [0.15, 0.2) is 60.8 Å². The molecule has 4 rings (SSSR count). The van der Waals surface area contributed by atoms with Crippen LogP contribution >= 0.6 is 11.6 Å². The van der Waals surface area contributed by atoms with Gasteiger partial charge in [-0.1, -0.05) is 41.9 Å². The number of aromatic nitrogens is 1. The van der Waals surface area contributed by atoms with Gasteiger partial charge in [-0.3, -0.25) is 4.79 Å². The van der Waals surface area contributed by atoms with Crippen LogP contribution in [0.4, 0.5) is 38.1 Å². The molecular weight excluding hydrogens is 619 g/mol. The zero-order valence-corrected chi connectivity index (χ0v) is 23.1. The molecule has 0 aliphatic heterocycles. The zero-order valence-electron chi connectivity index (χ0n) is 22.4. The molecule has 3 amide bonds.